The molecule has 0 radical (unpaired) electrons. The normalized spacial score (nSPS) is 17.9. The number of alkyl halides is 3. The molecule has 1 N–H and O–H groups in total. The number of rotatable bonds is 3. The summed E-state index contributed by atoms with van der Waals surface area (Å²) in [5.74, 6) is -2.19. The molecule has 34 heavy (non-hydrogen) atoms. The summed E-state index contributed by atoms with van der Waals surface area (Å²) in [7, 11) is 0. The highest BCUT2D eigenvalue weighted by molar-refractivity contribution is 9.10. The number of hydrogen-bond donors (Lipinski definition) is 1. The number of nitrogens with zero attached hydrogens (tertiary/aromatic N) is 1. The summed E-state index contributed by atoms with van der Waals surface area (Å²) in [6.07, 6.45) is -4.54. The van der Waals surface area contributed by atoms with Gasteiger partial charge in [-0.05, 0) is 66.9 Å². The van der Waals surface area contributed by atoms with Gasteiger partial charge in [-0.2, -0.15) is 13.2 Å². The average Bonchev–Trinajstić information content (AvgIpc) is 3.05. The van der Waals surface area contributed by atoms with Crippen LogP contribution in [0.2, 0.25) is 0 Å². The highest BCUT2D eigenvalue weighted by atomic mass is 79.9. The van der Waals surface area contributed by atoms with E-state index in [1.807, 2.05) is 6.92 Å². The van der Waals surface area contributed by atoms with Gasteiger partial charge < -0.3 is 5.11 Å². The zero-order chi connectivity index (χ0) is 24.8. The minimum atomic E-state index is -4.54. The number of ketones is 1. The number of hydrogen-bond acceptors (Lipinski definition) is 3. The molecular formula is C26H19BrF3NO3. The van der Waals surface area contributed by atoms with Crippen molar-refractivity contribution in [2.24, 2.45) is 0 Å². The molecule has 0 bridgehead atoms. The SMILES string of the molecule is Cc1cc(/C(O)=C2\C(=O)C(=O)N(c3ccc(C(F)(F)F)cc3)C2c2ccccc2C)ccc1Br. The van der Waals surface area contributed by atoms with Crippen LogP contribution in [0.1, 0.15) is 33.9 Å². The van der Waals surface area contributed by atoms with Gasteiger partial charge in [-0.3, -0.25) is 14.5 Å². The van der Waals surface area contributed by atoms with Crippen LogP contribution in [0.15, 0.2) is 76.8 Å². The number of aryl methyl sites for hydroxylation is 2. The first-order valence-electron chi connectivity index (χ1n) is 10.3. The van der Waals surface area contributed by atoms with Crippen molar-refractivity contribution in [3.8, 4) is 0 Å². The van der Waals surface area contributed by atoms with Crippen molar-refractivity contribution in [3.63, 3.8) is 0 Å². The van der Waals surface area contributed by atoms with Gasteiger partial charge in [0.15, 0.2) is 0 Å². The van der Waals surface area contributed by atoms with Gasteiger partial charge in [0, 0.05) is 15.7 Å². The number of Topliss-reactive ketones (excluding diaryl/α,β-unsaturated/α-hetero) is 1. The molecule has 174 valence electrons. The lowest BCUT2D eigenvalue weighted by Crippen LogP contribution is -2.29. The molecule has 1 aliphatic rings. The highest BCUT2D eigenvalue weighted by Gasteiger charge is 2.47. The molecule has 3 aromatic rings. The Morgan fingerprint density at radius 2 is 1.59 bits per heavy atom. The van der Waals surface area contributed by atoms with Gasteiger partial charge in [-0.15, -0.1) is 0 Å². The summed E-state index contributed by atoms with van der Waals surface area (Å²) >= 11 is 3.39. The third-order valence-electron chi connectivity index (χ3n) is 5.83. The number of carbonyl (C=O) groups excluding carboxylic acids is 2. The molecule has 0 spiro atoms. The second-order valence-electron chi connectivity index (χ2n) is 8.03. The van der Waals surface area contributed by atoms with Crippen LogP contribution in [0.5, 0.6) is 0 Å². The van der Waals surface area contributed by atoms with E-state index in [0.717, 1.165) is 44.8 Å². The van der Waals surface area contributed by atoms with E-state index in [1.165, 1.54) is 0 Å². The van der Waals surface area contributed by atoms with Crippen LogP contribution in [-0.4, -0.2) is 16.8 Å². The largest absolute Gasteiger partial charge is 0.507 e. The van der Waals surface area contributed by atoms with Gasteiger partial charge in [-0.25, -0.2) is 0 Å². The summed E-state index contributed by atoms with van der Waals surface area (Å²) in [4.78, 5) is 27.5. The molecule has 3 aromatic carbocycles. The molecule has 1 atom stereocenters. The number of carbonyl (C=O) groups is 2. The molecule has 8 heteroatoms. The fraction of sp³-hybridized carbons (Fsp3) is 0.154. The predicted octanol–water partition coefficient (Wildman–Crippen LogP) is 6.71. The quantitative estimate of drug-likeness (QED) is 0.233. The molecule has 1 saturated heterocycles. The topological polar surface area (TPSA) is 57.6 Å². The maximum absolute atomic E-state index is 13.2. The zero-order valence-electron chi connectivity index (χ0n) is 18.2. The third-order valence-corrected chi connectivity index (χ3v) is 6.72. The van der Waals surface area contributed by atoms with Crippen molar-refractivity contribution >= 4 is 39.1 Å². The third kappa shape index (κ3) is 4.14. The first-order chi connectivity index (χ1) is 16.0. The Bertz CT molecular complexity index is 1330. The first-order valence-corrected chi connectivity index (χ1v) is 11.1. The monoisotopic (exact) mass is 529 g/mol. The van der Waals surface area contributed by atoms with Gasteiger partial charge in [0.25, 0.3) is 11.7 Å². The molecule has 0 aliphatic carbocycles. The van der Waals surface area contributed by atoms with Crippen molar-refractivity contribution in [3.05, 3.63) is 105 Å². The standard InChI is InChI=1S/C26H19BrF3NO3/c1-14-5-3-4-6-19(14)22-21(23(32)16-7-12-20(27)15(2)13-16)24(33)25(34)31(22)18-10-8-17(9-11-18)26(28,29)30/h3-13,22,32H,1-2H3/b23-21+. The van der Waals surface area contributed by atoms with Crippen molar-refractivity contribution in [2.75, 3.05) is 4.90 Å². The van der Waals surface area contributed by atoms with E-state index in [4.69, 9.17) is 0 Å². The van der Waals surface area contributed by atoms with Gasteiger partial charge in [0.2, 0.25) is 0 Å². The molecule has 4 rings (SSSR count). The van der Waals surface area contributed by atoms with Crippen molar-refractivity contribution in [1.82, 2.24) is 0 Å². The lowest BCUT2D eigenvalue weighted by atomic mass is 9.92. The smallest absolute Gasteiger partial charge is 0.416 e. The predicted molar refractivity (Wildman–Crippen MR) is 126 cm³/mol. The van der Waals surface area contributed by atoms with Crippen LogP contribution >= 0.6 is 15.9 Å². The number of aliphatic hydroxyl groups is 1. The molecule has 0 saturated carbocycles. The van der Waals surface area contributed by atoms with Crippen LogP contribution in [0, 0.1) is 13.8 Å². The second kappa shape index (κ2) is 8.76. The van der Waals surface area contributed by atoms with Crippen LogP contribution in [0.4, 0.5) is 18.9 Å². The Labute approximate surface area is 202 Å². The van der Waals surface area contributed by atoms with E-state index in [0.29, 0.717) is 11.1 Å². The lowest BCUT2D eigenvalue weighted by molar-refractivity contribution is -0.137. The van der Waals surface area contributed by atoms with E-state index in [-0.39, 0.29) is 17.0 Å². The number of anilines is 1. The van der Waals surface area contributed by atoms with Crippen molar-refractivity contribution in [1.29, 1.82) is 0 Å². The Morgan fingerprint density at radius 3 is 2.18 bits per heavy atom. The minimum Gasteiger partial charge on any atom is -0.507 e. The molecule has 1 amide bonds. The molecule has 1 aliphatic heterocycles. The second-order valence-corrected chi connectivity index (χ2v) is 8.89. The fourth-order valence-electron chi connectivity index (χ4n) is 4.05. The number of halogens is 4. The molecular weight excluding hydrogens is 511 g/mol. The van der Waals surface area contributed by atoms with E-state index in [1.54, 1.807) is 49.4 Å². The number of amides is 1. The number of benzene rings is 3. The molecule has 4 nitrogen and oxygen atoms in total. The summed E-state index contributed by atoms with van der Waals surface area (Å²) in [5.41, 5.74) is 1.63. The molecule has 1 unspecified atom stereocenters. The maximum atomic E-state index is 13.2. The lowest BCUT2D eigenvalue weighted by Gasteiger charge is -2.27. The molecule has 0 aromatic heterocycles. The minimum absolute atomic E-state index is 0.120. The Kier molecular flexibility index (Phi) is 6.12. The number of aliphatic hydroxyl groups excluding tert-OH is 1. The summed E-state index contributed by atoms with van der Waals surface area (Å²) in [6.45, 7) is 3.62. The fourth-order valence-corrected chi connectivity index (χ4v) is 4.29. The molecule has 1 fully saturated rings. The van der Waals surface area contributed by atoms with Crippen molar-refractivity contribution < 1.29 is 27.9 Å². The van der Waals surface area contributed by atoms with Crippen LogP contribution in [0.3, 0.4) is 0 Å². The van der Waals surface area contributed by atoms with E-state index in [2.05, 4.69) is 15.9 Å². The van der Waals surface area contributed by atoms with Gasteiger partial charge in [0.1, 0.15) is 5.76 Å². The highest BCUT2D eigenvalue weighted by Crippen LogP contribution is 2.43. The van der Waals surface area contributed by atoms with Gasteiger partial charge >= 0.3 is 6.18 Å². The van der Waals surface area contributed by atoms with E-state index in [9.17, 15) is 27.9 Å². The Hall–Kier alpha value is -3.39. The summed E-state index contributed by atoms with van der Waals surface area (Å²) in [6, 6.07) is 15.1. The van der Waals surface area contributed by atoms with Crippen LogP contribution in [-0.2, 0) is 15.8 Å². The zero-order valence-corrected chi connectivity index (χ0v) is 19.7. The summed E-state index contributed by atoms with van der Waals surface area (Å²) < 4.78 is 40.0. The summed E-state index contributed by atoms with van der Waals surface area (Å²) in [5, 5.41) is 11.2. The van der Waals surface area contributed by atoms with E-state index >= 15 is 0 Å². The van der Waals surface area contributed by atoms with Crippen LogP contribution in [0.25, 0.3) is 5.76 Å². The Balaban J connectivity index is 1.93. The average molecular weight is 530 g/mol. The van der Waals surface area contributed by atoms with Crippen molar-refractivity contribution in [2.45, 2.75) is 26.1 Å². The van der Waals surface area contributed by atoms with Gasteiger partial charge in [0.05, 0.1) is 17.2 Å². The van der Waals surface area contributed by atoms with E-state index < -0.39 is 29.5 Å². The molecule has 1 heterocycles. The Morgan fingerprint density at radius 1 is 0.941 bits per heavy atom. The maximum Gasteiger partial charge on any atom is 0.416 e. The van der Waals surface area contributed by atoms with Crippen LogP contribution < -0.4 is 4.90 Å². The first kappa shape index (κ1) is 23.8. The van der Waals surface area contributed by atoms with Gasteiger partial charge in [-0.1, -0.05) is 46.3 Å².